The number of nitrogens with one attached hydrogen (secondary N) is 2. The molecular formula is C23H28F4N4O4S. The zero-order valence-corrected chi connectivity index (χ0v) is 20.8. The first-order valence-corrected chi connectivity index (χ1v) is 12.9. The van der Waals surface area contributed by atoms with Gasteiger partial charge in [-0.2, -0.15) is 13.2 Å². The van der Waals surface area contributed by atoms with Gasteiger partial charge in [-0.3, -0.25) is 0 Å². The lowest BCUT2D eigenvalue weighted by atomic mass is 9.72. The van der Waals surface area contributed by atoms with E-state index >= 15 is 0 Å². The summed E-state index contributed by atoms with van der Waals surface area (Å²) in [7, 11) is -3.60. The normalized spacial score (nSPS) is 18.9. The van der Waals surface area contributed by atoms with E-state index in [1.807, 2.05) is 0 Å². The largest absolute Gasteiger partial charge is 0.449 e. The molecule has 0 spiro atoms. The monoisotopic (exact) mass is 532 g/mol. The topological polar surface area (TPSA) is 110 Å². The van der Waals surface area contributed by atoms with Crippen molar-refractivity contribution < 1.29 is 35.5 Å². The number of benzene rings is 1. The van der Waals surface area contributed by atoms with E-state index in [1.54, 1.807) is 12.4 Å². The number of rotatable bonds is 9. The number of alkyl halides is 3. The van der Waals surface area contributed by atoms with Gasteiger partial charge in [-0.1, -0.05) is 0 Å². The van der Waals surface area contributed by atoms with Crippen LogP contribution in [0.3, 0.4) is 0 Å². The van der Waals surface area contributed by atoms with E-state index in [4.69, 9.17) is 4.74 Å². The Morgan fingerprint density at radius 3 is 2.36 bits per heavy atom. The van der Waals surface area contributed by atoms with Crippen molar-refractivity contribution in [2.24, 2.45) is 5.92 Å². The van der Waals surface area contributed by atoms with Crippen molar-refractivity contribution in [3.05, 3.63) is 42.0 Å². The number of hydrogen-bond acceptors (Lipinski definition) is 7. The lowest BCUT2D eigenvalue weighted by Gasteiger charge is -2.34. The summed E-state index contributed by atoms with van der Waals surface area (Å²) < 4.78 is 80.8. The van der Waals surface area contributed by atoms with Crippen LogP contribution in [0.1, 0.15) is 51.5 Å². The van der Waals surface area contributed by atoms with Gasteiger partial charge in [0.25, 0.3) is 0 Å². The van der Waals surface area contributed by atoms with Gasteiger partial charge < -0.3 is 15.4 Å². The second-order valence-corrected chi connectivity index (χ2v) is 11.7. The van der Waals surface area contributed by atoms with Crippen molar-refractivity contribution in [2.75, 3.05) is 11.9 Å². The molecule has 13 heteroatoms. The molecule has 0 saturated heterocycles. The molecule has 1 atom stereocenters. The maximum Gasteiger partial charge on any atom is 0.407 e. The van der Waals surface area contributed by atoms with E-state index in [-0.39, 0.29) is 35.0 Å². The summed E-state index contributed by atoms with van der Waals surface area (Å²) in [6.45, 7) is 4.40. The molecule has 198 valence electrons. The van der Waals surface area contributed by atoms with E-state index < -0.39 is 45.6 Å². The Balaban J connectivity index is 1.46. The average molecular weight is 533 g/mol. The molecule has 3 rings (SSSR count). The smallest absolute Gasteiger partial charge is 0.407 e. The minimum Gasteiger partial charge on any atom is -0.449 e. The van der Waals surface area contributed by atoms with Gasteiger partial charge in [0.05, 0.1) is 28.9 Å². The molecule has 1 aromatic carbocycles. The third-order valence-electron chi connectivity index (χ3n) is 5.87. The maximum absolute atomic E-state index is 14.4. The van der Waals surface area contributed by atoms with Crippen molar-refractivity contribution in [2.45, 2.75) is 68.3 Å². The Morgan fingerprint density at radius 2 is 1.81 bits per heavy atom. The number of ether oxygens (including phenoxy) is 1. The molecule has 0 bridgehead atoms. The summed E-state index contributed by atoms with van der Waals surface area (Å²) in [4.78, 5) is 19.9. The molecule has 8 nitrogen and oxygen atoms in total. The fourth-order valence-electron chi connectivity index (χ4n) is 3.76. The van der Waals surface area contributed by atoms with Gasteiger partial charge in [0.15, 0.2) is 9.84 Å². The fourth-order valence-corrected chi connectivity index (χ4v) is 4.83. The number of aromatic nitrogens is 2. The van der Waals surface area contributed by atoms with Crippen molar-refractivity contribution in [1.82, 2.24) is 15.3 Å². The van der Waals surface area contributed by atoms with Crippen molar-refractivity contribution >= 4 is 27.6 Å². The number of nitrogens with zero attached hydrogens (tertiary/aromatic N) is 2. The van der Waals surface area contributed by atoms with E-state index in [0.29, 0.717) is 12.8 Å². The summed E-state index contributed by atoms with van der Waals surface area (Å²) in [6, 6.07) is 2.52. The highest BCUT2D eigenvalue weighted by atomic mass is 32.2. The van der Waals surface area contributed by atoms with Gasteiger partial charge in [-0.15, -0.1) is 0 Å². The summed E-state index contributed by atoms with van der Waals surface area (Å²) in [5, 5.41) is 4.22. The molecule has 0 unspecified atom stereocenters. The van der Waals surface area contributed by atoms with Crippen LogP contribution in [-0.2, 0) is 14.6 Å². The van der Waals surface area contributed by atoms with E-state index in [1.165, 1.54) is 32.9 Å². The fraction of sp³-hybridized carbons (Fsp3) is 0.522. The number of hydrogen-bond donors (Lipinski definition) is 2. The van der Waals surface area contributed by atoms with Crippen molar-refractivity contribution in [1.29, 1.82) is 0 Å². The van der Waals surface area contributed by atoms with Crippen molar-refractivity contribution in [3.63, 3.8) is 0 Å². The number of alkyl carbamates (subject to hydrolysis) is 1. The number of sulfone groups is 1. The summed E-state index contributed by atoms with van der Waals surface area (Å²) in [5.74, 6) is -0.396. The molecule has 2 N–H and O–H groups in total. The molecule has 1 fully saturated rings. The zero-order valence-electron chi connectivity index (χ0n) is 20.0. The van der Waals surface area contributed by atoms with Gasteiger partial charge >= 0.3 is 12.3 Å². The SMILES string of the molecule is CC(C)S(=O)(=O)c1ccc(Nc2ncc(C3CC(COC(=O)N[C@@H](C)CC(F)(F)F)C3)cn2)c(F)c1. The average Bonchev–Trinajstić information content (AvgIpc) is 2.73. The Kier molecular flexibility index (Phi) is 8.42. The molecule has 1 aromatic heterocycles. The second kappa shape index (κ2) is 11.0. The predicted molar refractivity (Wildman–Crippen MR) is 124 cm³/mol. The van der Waals surface area contributed by atoms with Crippen LogP contribution in [0.25, 0.3) is 0 Å². The molecule has 1 aliphatic carbocycles. The van der Waals surface area contributed by atoms with Crippen molar-refractivity contribution in [3.8, 4) is 0 Å². The van der Waals surface area contributed by atoms with Crippen LogP contribution in [0, 0.1) is 11.7 Å². The van der Waals surface area contributed by atoms with Crippen LogP contribution in [0.5, 0.6) is 0 Å². The van der Waals surface area contributed by atoms with Crippen LogP contribution in [0.15, 0.2) is 35.5 Å². The molecule has 1 saturated carbocycles. The number of carbonyl (C=O) groups excluding carboxylic acids is 1. The first-order chi connectivity index (χ1) is 16.7. The minimum atomic E-state index is -4.36. The second-order valence-electron chi connectivity index (χ2n) is 9.20. The lowest BCUT2D eigenvalue weighted by molar-refractivity contribution is -0.138. The number of carbonyl (C=O) groups is 1. The molecule has 0 radical (unpaired) electrons. The van der Waals surface area contributed by atoms with Crippen LogP contribution in [0.4, 0.5) is 34.0 Å². The summed E-state index contributed by atoms with van der Waals surface area (Å²) in [6.07, 6.45) is -1.79. The molecule has 2 aromatic rings. The third-order valence-corrected chi connectivity index (χ3v) is 8.02. The Bertz CT molecular complexity index is 1170. The number of anilines is 2. The minimum absolute atomic E-state index is 0.0362. The van der Waals surface area contributed by atoms with E-state index in [9.17, 15) is 30.8 Å². The van der Waals surface area contributed by atoms with Crippen LogP contribution >= 0.6 is 0 Å². The molecule has 1 heterocycles. The maximum atomic E-state index is 14.4. The Labute approximate surface area is 206 Å². The van der Waals surface area contributed by atoms with Crippen LogP contribution < -0.4 is 10.6 Å². The van der Waals surface area contributed by atoms with E-state index in [2.05, 4.69) is 20.6 Å². The Hall–Kier alpha value is -2.96. The van der Waals surface area contributed by atoms with Gasteiger partial charge in [0, 0.05) is 18.4 Å². The first-order valence-electron chi connectivity index (χ1n) is 11.4. The lowest BCUT2D eigenvalue weighted by Crippen LogP contribution is -2.38. The first kappa shape index (κ1) is 27.6. The highest BCUT2D eigenvalue weighted by molar-refractivity contribution is 7.92. The highest BCUT2D eigenvalue weighted by Crippen LogP contribution is 2.41. The summed E-state index contributed by atoms with van der Waals surface area (Å²) >= 11 is 0. The van der Waals surface area contributed by atoms with Crippen LogP contribution in [-0.4, -0.2) is 48.6 Å². The molecule has 36 heavy (non-hydrogen) atoms. The van der Waals surface area contributed by atoms with Gasteiger partial charge in [-0.05, 0) is 69.2 Å². The third kappa shape index (κ3) is 7.28. The van der Waals surface area contributed by atoms with Gasteiger partial charge in [0.2, 0.25) is 5.95 Å². The van der Waals surface area contributed by atoms with E-state index in [0.717, 1.165) is 11.6 Å². The van der Waals surface area contributed by atoms with Gasteiger partial charge in [0.1, 0.15) is 5.82 Å². The number of halogens is 4. The van der Waals surface area contributed by atoms with Crippen LogP contribution in [0.2, 0.25) is 0 Å². The number of amides is 1. The quantitative estimate of drug-likeness (QED) is 0.432. The molecule has 0 aliphatic heterocycles. The molecular weight excluding hydrogens is 504 g/mol. The summed E-state index contributed by atoms with van der Waals surface area (Å²) in [5.41, 5.74) is 0.882. The Morgan fingerprint density at radius 1 is 1.17 bits per heavy atom. The van der Waals surface area contributed by atoms with Gasteiger partial charge in [-0.25, -0.2) is 27.6 Å². The zero-order chi connectivity index (χ0) is 26.7. The highest BCUT2D eigenvalue weighted by Gasteiger charge is 2.33. The molecule has 1 aliphatic rings. The molecule has 1 amide bonds. The predicted octanol–water partition coefficient (Wildman–Crippen LogP) is 5.10. The standard InChI is InChI=1S/C23H28F4N4O4S/c1-13(2)36(33,34)18-4-5-20(19(24)8-18)31-21-28-10-17(11-29-21)16-6-15(7-16)12-35-22(32)30-14(3)9-23(25,26)27/h4-5,8,10-11,13-16H,6-7,9,12H2,1-3H3,(H,30,32)(H,28,29,31)/t14-,15?,16?/m0/s1.